The lowest BCUT2D eigenvalue weighted by atomic mass is 10.2. The van der Waals surface area contributed by atoms with Crippen molar-refractivity contribution < 1.29 is 12.8 Å². The molecule has 0 unspecified atom stereocenters. The second-order valence-electron chi connectivity index (χ2n) is 4.62. The smallest absolute Gasteiger partial charge is 0.212 e. The highest BCUT2D eigenvalue weighted by Crippen LogP contribution is 2.13. The van der Waals surface area contributed by atoms with Gasteiger partial charge in [0.2, 0.25) is 10.0 Å². The Morgan fingerprint density at radius 2 is 1.55 bits per heavy atom. The lowest BCUT2D eigenvalue weighted by molar-refractivity contribution is 0.466. The fourth-order valence-corrected chi connectivity index (χ4v) is 3.02. The summed E-state index contributed by atoms with van der Waals surface area (Å²) in [7, 11) is -1.87. The number of hydrogen-bond donors (Lipinski definition) is 0. The third-order valence-corrected chi connectivity index (χ3v) is 4.76. The second kappa shape index (κ2) is 6.15. The highest BCUT2D eigenvalue weighted by atomic mass is 32.2. The van der Waals surface area contributed by atoms with E-state index in [-0.39, 0.29) is 11.6 Å². The Morgan fingerprint density at radius 3 is 2.15 bits per heavy atom. The first-order valence-electron chi connectivity index (χ1n) is 6.20. The number of nitrogens with zero attached hydrogens (tertiary/aromatic N) is 1. The zero-order valence-corrected chi connectivity index (χ0v) is 12.0. The van der Waals surface area contributed by atoms with Crippen molar-refractivity contribution in [3.8, 4) is 0 Å². The third-order valence-electron chi connectivity index (χ3n) is 2.99. The molecule has 0 bridgehead atoms. The average molecular weight is 293 g/mol. The van der Waals surface area contributed by atoms with Crippen LogP contribution in [0.3, 0.4) is 0 Å². The van der Waals surface area contributed by atoms with Crippen molar-refractivity contribution in [2.24, 2.45) is 0 Å². The molecule has 0 aromatic heterocycles. The van der Waals surface area contributed by atoms with Crippen LogP contribution in [-0.4, -0.2) is 19.8 Å². The minimum absolute atomic E-state index is 0.128. The predicted octanol–water partition coefficient (Wildman–Crippen LogP) is 2.79. The molecule has 0 heterocycles. The maximum atomic E-state index is 12.8. The van der Waals surface area contributed by atoms with Gasteiger partial charge in [-0.1, -0.05) is 42.5 Å². The van der Waals surface area contributed by atoms with Crippen LogP contribution in [0, 0.1) is 5.82 Å². The molecule has 0 saturated heterocycles. The Hall–Kier alpha value is -1.72. The van der Waals surface area contributed by atoms with Crippen molar-refractivity contribution in [1.82, 2.24) is 4.31 Å². The molecular weight excluding hydrogens is 277 g/mol. The van der Waals surface area contributed by atoms with Gasteiger partial charge in [0.05, 0.1) is 5.75 Å². The van der Waals surface area contributed by atoms with Crippen LogP contribution in [0.5, 0.6) is 0 Å². The quantitative estimate of drug-likeness (QED) is 0.850. The maximum Gasteiger partial charge on any atom is 0.218 e. The van der Waals surface area contributed by atoms with Crippen LogP contribution in [0.2, 0.25) is 0 Å². The number of benzene rings is 2. The molecule has 0 fully saturated rings. The highest BCUT2D eigenvalue weighted by molar-refractivity contribution is 7.88. The largest absolute Gasteiger partial charge is 0.218 e. The molecule has 0 aliphatic heterocycles. The molecule has 106 valence electrons. The van der Waals surface area contributed by atoms with Crippen LogP contribution in [0.4, 0.5) is 4.39 Å². The first-order valence-corrected chi connectivity index (χ1v) is 7.81. The molecule has 3 nitrogen and oxygen atoms in total. The van der Waals surface area contributed by atoms with E-state index in [1.165, 1.54) is 28.6 Å². The highest BCUT2D eigenvalue weighted by Gasteiger charge is 2.18. The van der Waals surface area contributed by atoms with Crippen LogP contribution in [-0.2, 0) is 22.3 Å². The van der Waals surface area contributed by atoms with Crippen LogP contribution >= 0.6 is 0 Å². The first kappa shape index (κ1) is 14.7. The Labute approximate surface area is 118 Å². The molecule has 0 aliphatic carbocycles. The topological polar surface area (TPSA) is 37.4 Å². The number of rotatable bonds is 5. The molecule has 0 saturated carbocycles. The summed E-state index contributed by atoms with van der Waals surface area (Å²) >= 11 is 0. The average Bonchev–Trinajstić information content (AvgIpc) is 2.42. The fourth-order valence-electron chi connectivity index (χ4n) is 1.84. The van der Waals surface area contributed by atoms with E-state index in [0.717, 1.165) is 5.56 Å². The van der Waals surface area contributed by atoms with Gasteiger partial charge in [-0.15, -0.1) is 0 Å². The van der Waals surface area contributed by atoms with E-state index < -0.39 is 10.0 Å². The molecule has 0 atom stereocenters. The first-order chi connectivity index (χ1) is 9.47. The minimum atomic E-state index is -3.41. The molecule has 0 aliphatic rings. The van der Waals surface area contributed by atoms with Crippen LogP contribution in [0.1, 0.15) is 11.1 Å². The number of halogens is 1. The van der Waals surface area contributed by atoms with Crippen molar-refractivity contribution in [2.45, 2.75) is 12.3 Å². The summed E-state index contributed by atoms with van der Waals surface area (Å²) in [6.07, 6.45) is 0. The Morgan fingerprint density at radius 1 is 0.950 bits per heavy atom. The molecule has 0 N–H and O–H groups in total. The molecule has 2 aromatic rings. The van der Waals surface area contributed by atoms with E-state index in [4.69, 9.17) is 0 Å². The molecule has 5 heteroatoms. The monoisotopic (exact) mass is 293 g/mol. The van der Waals surface area contributed by atoms with E-state index in [1.807, 2.05) is 30.3 Å². The fraction of sp³-hybridized carbons (Fsp3) is 0.200. The number of hydrogen-bond acceptors (Lipinski definition) is 2. The molecule has 0 spiro atoms. The lowest BCUT2D eigenvalue weighted by Crippen LogP contribution is -2.27. The molecule has 20 heavy (non-hydrogen) atoms. The van der Waals surface area contributed by atoms with Crippen LogP contribution < -0.4 is 0 Å². The summed E-state index contributed by atoms with van der Waals surface area (Å²) in [4.78, 5) is 0. The Bertz CT molecular complexity index is 654. The molecule has 0 amide bonds. The van der Waals surface area contributed by atoms with Gasteiger partial charge >= 0.3 is 0 Å². The van der Waals surface area contributed by atoms with E-state index >= 15 is 0 Å². The van der Waals surface area contributed by atoms with Crippen molar-refractivity contribution in [3.63, 3.8) is 0 Å². The summed E-state index contributed by atoms with van der Waals surface area (Å²) in [6, 6.07) is 14.9. The van der Waals surface area contributed by atoms with Crippen LogP contribution in [0.25, 0.3) is 0 Å². The van der Waals surface area contributed by atoms with Crippen LogP contribution in [0.15, 0.2) is 54.6 Å². The Balaban J connectivity index is 2.08. The summed E-state index contributed by atoms with van der Waals surface area (Å²) in [5, 5.41) is 0. The van der Waals surface area contributed by atoms with E-state index in [1.54, 1.807) is 7.05 Å². The van der Waals surface area contributed by atoms with Crippen molar-refractivity contribution >= 4 is 10.0 Å². The van der Waals surface area contributed by atoms with Gasteiger partial charge in [-0.2, -0.15) is 0 Å². The predicted molar refractivity (Wildman–Crippen MR) is 76.9 cm³/mol. The van der Waals surface area contributed by atoms with Gasteiger partial charge in [0.15, 0.2) is 0 Å². The van der Waals surface area contributed by atoms with Gasteiger partial charge in [-0.3, -0.25) is 0 Å². The Kier molecular flexibility index (Phi) is 4.52. The zero-order valence-electron chi connectivity index (χ0n) is 11.2. The summed E-state index contributed by atoms with van der Waals surface area (Å²) in [5.74, 6) is -0.500. The maximum absolute atomic E-state index is 12.8. The zero-order chi connectivity index (χ0) is 14.6. The number of sulfonamides is 1. The molecule has 2 aromatic carbocycles. The van der Waals surface area contributed by atoms with Gasteiger partial charge in [-0.05, 0) is 23.3 Å². The molecule has 2 rings (SSSR count). The molecular formula is C15H16FNO2S. The van der Waals surface area contributed by atoms with Gasteiger partial charge in [0, 0.05) is 13.6 Å². The van der Waals surface area contributed by atoms with Crippen molar-refractivity contribution in [3.05, 3.63) is 71.5 Å². The van der Waals surface area contributed by atoms with E-state index in [2.05, 4.69) is 0 Å². The van der Waals surface area contributed by atoms with Gasteiger partial charge < -0.3 is 0 Å². The van der Waals surface area contributed by atoms with Gasteiger partial charge in [-0.25, -0.2) is 17.1 Å². The lowest BCUT2D eigenvalue weighted by Gasteiger charge is -2.17. The van der Waals surface area contributed by atoms with Crippen molar-refractivity contribution in [2.75, 3.05) is 7.05 Å². The third kappa shape index (κ3) is 3.88. The SMILES string of the molecule is CN(Cc1ccccc1)S(=O)(=O)Cc1ccc(F)cc1. The summed E-state index contributed by atoms with van der Waals surface area (Å²) in [5.41, 5.74) is 1.50. The normalized spacial score (nSPS) is 11.8. The summed E-state index contributed by atoms with van der Waals surface area (Å²) in [6.45, 7) is 0.324. The summed E-state index contributed by atoms with van der Waals surface area (Å²) < 4.78 is 38.6. The van der Waals surface area contributed by atoms with Gasteiger partial charge in [0.25, 0.3) is 0 Å². The molecule has 0 radical (unpaired) electrons. The van der Waals surface area contributed by atoms with E-state index in [9.17, 15) is 12.8 Å². The minimum Gasteiger partial charge on any atom is -0.212 e. The standard InChI is InChI=1S/C15H16FNO2S/c1-17(11-13-5-3-2-4-6-13)20(18,19)12-14-7-9-15(16)10-8-14/h2-10H,11-12H2,1H3. The van der Waals surface area contributed by atoms with E-state index in [0.29, 0.717) is 12.1 Å². The van der Waals surface area contributed by atoms with Crippen molar-refractivity contribution in [1.29, 1.82) is 0 Å². The van der Waals surface area contributed by atoms with Gasteiger partial charge in [0.1, 0.15) is 5.82 Å². The second-order valence-corrected chi connectivity index (χ2v) is 6.70.